The number of hydrogen-bond donors (Lipinski definition) is 0. The zero-order valence-electron chi connectivity index (χ0n) is 7.35. The number of ether oxygens (including phenoxy) is 1. The Bertz CT molecular complexity index is 290. The smallest absolute Gasteiger partial charge is 0.168 e. The highest BCUT2D eigenvalue weighted by atomic mass is 16.5. The maximum atomic E-state index is 10.6. The number of hydrogen-bond acceptors (Lipinski definition) is 3. The van der Waals surface area contributed by atoms with E-state index in [0.29, 0.717) is 5.69 Å². The zero-order valence-corrected chi connectivity index (χ0v) is 7.35. The Morgan fingerprint density at radius 3 is 3.23 bits per heavy atom. The Labute approximate surface area is 76.5 Å². The molecule has 1 atom stereocenters. The van der Waals surface area contributed by atoms with E-state index in [2.05, 4.69) is 5.10 Å². The van der Waals surface area contributed by atoms with Crippen LogP contribution in [0.4, 0.5) is 0 Å². The van der Waals surface area contributed by atoms with E-state index in [0.717, 1.165) is 32.2 Å². The Kier molecular flexibility index (Phi) is 2.40. The third-order valence-electron chi connectivity index (χ3n) is 2.25. The summed E-state index contributed by atoms with van der Waals surface area (Å²) in [6.07, 6.45) is 5.59. The first-order valence-corrected chi connectivity index (χ1v) is 4.52. The Morgan fingerprint density at radius 1 is 1.62 bits per heavy atom. The molecule has 13 heavy (non-hydrogen) atoms. The Balaban J connectivity index is 2.17. The molecule has 2 rings (SSSR count). The quantitative estimate of drug-likeness (QED) is 0.646. The van der Waals surface area contributed by atoms with Crippen LogP contribution in [0.5, 0.6) is 0 Å². The molecule has 1 aromatic rings. The predicted molar refractivity (Wildman–Crippen MR) is 46.5 cm³/mol. The van der Waals surface area contributed by atoms with Gasteiger partial charge in [0, 0.05) is 12.8 Å². The van der Waals surface area contributed by atoms with Crippen molar-refractivity contribution in [3.8, 4) is 0 Å². The molecule has 1 aliphatic rings. The van der Waals surface area contributed by atoms with Gasteiger partial charge in [-0.15, -0.1) is 0 Å². The second-order valence-electron chi connectivity index (χ2n) is 3.14. The van der Waals surface area contributed by atoms with Crippen molar-refractivity contribution in [1.29, 1.82) is 0 Å². The third kappa shape index (κ3) is 1.62. The fraction of sp³-hybridized carbons (Fsp3) is 0.556. The van der Waals surface area contributed by atoms with Crippen LogP contribution in [0.2, 0.25) is 0 Å². The molecule has 1 aliphatic heterocycles. The van der Waals surface area contributed by atoms with Crippen LogP contribution in [0, 0.1) is 0 Å². The Morgan fingerprint density at radius 2 is 2.54 bits per heavy atom. The average molecular weight is 180 g/mol. The minimum Gasteiger partial charge on any atom is -0.356 e. The summed E-state index contributed by atoms with van der Waals surface area (Å²) in [4.78, 5) is 10.6. The van der Waals surface area contributed by atoms with E-state index in [4.69, 9.17) is 4.74 Å². The molecule has 0 radical (unpaired) electrons. The van der Waals surface area contributed by atoms with Crippen molar-refractivity contribution in [2.45, 2.75) is 25.5 Å². The van der Waals surface area contributed by atoms with Crippen molar-refractivity contribution in [2.24, 2.45) is 0 Å². The number of carbonyl (C=O) groups is 1. The minimum absolute atomic E-state index is 0.0380. The van der Waals surface area contributed by atoms with Crippen LogP contribution in [0.1, 0.15) is 36.0 Å². The van der Waals surface area contributed by atoms with Crippen LogP contribution in [0.3, 0.4) is 0 Å². The van der Waals surface area contributed by atoms with Crippen molar-refractivity contribution < 1.29 is 9.53 Å². The highest BCUT2D eigenvalue weighted by Crippen LogP contribution is 2.22. The predicted octanol–water partition coefficient (Wildman–Crippen LogP) is 1.39. The molecular weight excluding hydrogens is 168 g/mol. The molecule has 1 saturated heterocycles. The fourth-order valence-corrected chi connectivity index (χ4v) is 1.58. The highest BCUT2D eigenvalue weighted by molar-refractivity contribution is 5.71. The monoisotopic (exact) mass is 180 g/mol. The number of nitrogens with zero attached hydrogens (tertiary/aromatic N) is 2. The molecule has 0 unspecified atom stereocenters. The lowest BCUT2D eigenvalue weighted by Crippen LogP contribution is -2.20. The van der Waals surface area contributed by atoms with Crippen LogP contribution in [-0.4, -0.2) is 22.7 Å². The molecule has 1 fully saturated rings. The molecule has 70 valence electrons. The lowest BCUT2D eigenvalue weighted by atomic mass is 10.2. The van der Waals surface area contributed by atoms with Gasteiger partial charge < -0.3 is 4.74 Å². The molecular formula is C9H12N2O2. The summed E-state index contributed by atoms with van der Waals surface area (Å²) in [6.45, 7) is 0.767. The lowest BCUT2D eigenvalue weighted by molar-refractivity contribution is -0.0402. The molecule has 1 aromatic heterocycles. The molecule has 0 saturated carbocycles. The van der Waals surface area contributed by atoms with Gasteiger partial charge in [-0.1, -0.05) is 0 Å². The second kappa shape index (κ2) is 3.70. The summed E-state index contributed by atoms with van der Waals surface area (Å²) >= 11 is 0. The van der Waals surface area contributed by atoms with Gasteiger partial charge >= 0.3 is 0 Å². The summed E-state index contributed by atoms with van der Waals surface area (Å²) < 4.78 is 7.17. The molecule has 0 spiro atoms. The average Bonchev–Trinajstić information content (AvgIpc) is 2.67. The fourth-order valence-electron chi connectivity index (χ4n) is 1.58. The van der Waals surface area contributed by atoms with Gasteiger partial charge in [-0.2, -0.15) is 5.10 Å². The Hall–Kier alpha value is -1.16. The zero-order chi connectivity index (χ0) is 9.10. The number of aldehydes is 1. The first-order chi connectivity index (χ1) is 6.42. The number of carbonyl (C=O) groups excluding carboxylic acids is 1. The van der Waals surface area contributed by atoms with Gasteiger partial charge in [0.2, 0.25) is 0 Å². The lowest BCUT2D eigenvalue weighted by Gasteiger charge is -2.23. The summed E-state index contributed by atoms with van der Waals surface area (Å²) in [5.41, 5.74) is 0.590. The van der Waals surface area contributed by atoms with E-state index in [1.165, 1.54) is 0 Å². The van der Waals surface area contributed by atoms with E-state index in [1.807, 2.05) is 0 Å². The van der Waals surface area contributed by atoms with Gasteiger partial charge in [0.1, 0.15) is 5.69 Å². The van der Waals surface area contributed by atoms with Gasteiger partial charge in [0.05, 0.1) is 0 Å². The van der Waals surface area contributed by atoms with E-state index in [9.17, 15) is 4.79 Å². The van der Waals surface area contributed by atoms with Crippen molar-refractivity contribution >= 4 is 6.29 Å². The van der Waals surface area contributed by atoms with Gasteiger partial charge in [0.25, 0.3) is 0 Å². The first-order valence-electron chi connectivity index (χ1n) is 4.52. The molecule has 0 aliphatic carbocycles. The van der Waals surface area contributed by atoms with E-state index in [-0.39, 0.29) is 6.23 Å². The van der Waals surface area contributed by atoms with Crippen LogP contribution in [0.25, 0.3) is 0 Å². The molecule has 4 heteroatoms. The topological polar surface area (TPSA) is 44.1 Å². The van der Waals surface area contributed by atoms with E-state index < -0.39 is 0 Å². The van der Waals surface area contributed by atoms with Crippen LogP contribution in [0.15, 0.2) is 12.3 Å². The van der Waals surface area contributed by atoms with Crippen LogP contribution >= 0.6 is 0 Å². The maximum absolute atomic E-state index is 10.6. The van der Waals surface area contributed by atoms with Crippen LogP contribution < -0.4 is 0 Å². The van der Waals surface area contributed by atoms with Crippen molar-refractivity contribution in [3.05, 3.63) is 18.0 Å². The largest absolute Gasteiger partial charge is 0.356 e. The van der Waals surface area contributed by atoms with Crippen molar-refractivity contribution in [2.75, 3.05) is 6.61 Å². The highest BCUT2D eigenvalue weighted by Gasteiger charge is 2.17. The molecule has 2 heterocycles. The van der Waals surface area contributed by atoms with E-state index in [1.54, 1.807) is 16.9 Å². The maximum Gasteiger partial charge on any atom is 0.168 e. The SMILES string of the molecule is O=Cc1ccnn1[C@@H]1CCCCO1. The van der Waals surface area contributed by atoms with Gasteiger partial charge in [-0.3, -0.25) is 4.79 Å². The normalized spacial score (nSPS) is 22.9. The number of rotatable bonds is 2. The molecule has 0 N–H and O–H groups in total. The molecule has 0 bridgehead atoms. The third-order valence-corrected chi connectivity index (χ3v) is 2.25. The summed E-state index contributed by atoms with van der Waals surface area (Å²) in [5.74, 6) is 0. The first kappa shape index (κ1) is 8.44. The number of aromatic nitrogens is 2. The van der Waals surface area contributed by atoms with Crippen molar-refractivity contribution in [3.63, 3.8) is 0 Å². The van der Waals surface area contributed by atoms with Gasteiger partial charge in [-0.25, -0.2) is 4.68 Å². The molecule has 0 aromatic carbocycles. The van der Waals surface area contributed by atoms with Gasteiger partial charge in [0.15, 0.2) is 12.5 Å². The minimum atomic E-state index is -0.0380. The summed E-state index contributed by atoms with van der Waals surface area (Å²) in [7, 11) is 0. The second-order valence-corrected chi connectivity index (χ2v) is 3.14. The van der Waals surface area contributed by atoms with Crippen molar-refractivity contribution in [1.82, 2.24) is 9.78 Å². The van der Waals surface area contributed by atoms with E-state index >= 15 is 0 Å². The standard InChI is InChI=1S/C9H12N2O2/c12-7-8-4-5-10-11(8)9-3-1-2-6-13-9/h4-5,7,9H,1-3,6H2/t9-/m0/s1. The van der Waals surface area contributed by atoms with Crippen LogP contribution in [-0.2, 0) is 4.74 Å². The molecule has 4 nitrogen and oxygen atoms in total. The van der Waals surface area contributed by atoms with Gasteiger partial charge in [-0.05, 0) is 25.3 Å². The molecule has 0 amide bonds. The summed E-state index contributed by atoms with van der Waals surface area (Å²) in [6, 6.07) is 1.70. The summed E-state index contributed by atoms with van der Waals surface area (Å²) in [5, 5.41) is 4.07.